The first kappa shape index (κ1) is 15.5. The second-order valence-corrected chi connectivity index (χ2v) is 4.81. The summed E-state index contributed by atoms with van der Waals surface area (Å²) in [5, 5.41) is 0. The van der Waals surface area contributed by atoms with Gasteiger partial charge < -0.3 is 4.74 Å². The van der Waals surface area contributed by atoms with Crippen molar-refractivity contribution in [1.29, 1.82) is 0 Å². The van der Waals surface area contributed by atoms with Crippen LogP contribution in [-0.4, -0.2) is 12.9 Å². The summed E-state index contributed by atoms with van der Waals surface area (Å²) in [7, 11) is 1.65. The van der Waals surface area contributed by atoms with Crippen molar-refractivity contribution in [3.8, 4) is 5.75 Å². The van der Waals surface area contributed by atoms with Crippen LogP contribution in [-0.2, 0) is 4.79 Å². The van der Waals surface area contributed by atoms with Crippen LogP contribution in [0.15, 0.2) is 29.8 Å². The lowest BCUT2D eigenvalue weighted by atomic mass is 10.0. The number of benzene rings is 1. The molecule has 0 spiro atoms. The van der Waals surface area contributed by atoms with Crippen LogP contribution in [0.1, 0.15) is 51.5 Å². The van der Waals surface area contributed by atoms with Gasteiger partial charge in [0.2, 0.25) is 0 Å². The van der Waals surface area contributed by atoms with Crippen LogP contribution in [0.25, 0.3) is 6.08 Å². The summed E-state index contributed by atoms with van der Waals surface area (Å²) in [5.41, 5.74) is 1.97. The summed E-state index contributed by atoms with van der Waals surface area (Å²) in [6, 6.07) is 7.79. The van der Waals surface area contributed by atoms with E-state index in [1.54, 1.807) is 14.0 Å². The van der Waals surface area contributed by atoms with Crippen LogP contribution in [0.5, 0.6) is 5.75 Å². The highest BCUT2D eigenvalue weighted by Crippen LogP contribution is 2.17. The molecule has 0 atom stereocenters. The summed E-state index contributed by atoms with van der Waals surface area (Å²) in [5.74, 6) is 1.01. The molecule has 1 aromatic carbocycles. The summed E-state index contributed by atoms with van der Waals surface area (Å²) in [6.07, 6.45) is 7.62. The molecule has 0 aliphatic rings. The topological polar surface area (TPSA) is 26.3 Å². The third-order valence-corrected chi connectivity index (χ3v) is 3.21. The first-order valence-corrected chi connectivity index (χ1v) is 7.03. The Kier molecular flexibility index (Phi) is 6.94. The van der Waals surface area contributed by atoms with Crippen molar-refractivity contribution in [2.24, 2.45) is 0 Å². The first-order valence-electron chi connectivity index (χ1n) is 7.03. The van der Waals surface area contributed by atoms with Crippen molar-refractivity contribution in [2.45, 2.75) is 46.0 Å². The molecule has 0 aliphatic heterocycles. The molecule has 104 valence electrons. The minimum Gasteiger partial charge on any atom is -0.497 e. The number of allylic oxidation sites excluding steroid dienone is 1. The number of unbranched alkanes of at least 4 members (excludes halogenated alkanes) is 3. The lowest BCUT2D eigenvalue weighted by molar-refractivity contribution is -0.113. The van der Waals surface area contributed by atoms with Gasteiger partial charge in [-0.25, -0.2) is 0 Å². The average molecular weight is 260 g/mol. The van der Waals surface area contributed by atoms with Gasteiger partial charge in [0.05, 0.1) is 7.11 Å². The molecule has 0 heterocycles. The Balaban J connectivity index is 2.68. The maximum Gasteiger partial charge on any atom is 0.155 e. The third-order valence-electron chi connectivity index (χ3n) is 3.21. The van der Waals surface area contributed by atoms with E-state index in [-0.39, 0.29) is 5.78 Å². The molecule has 0 N–H and O–H groups in total. The van der Waals surface area contributed by atoms with Crippen LogP contribution >= 0.6 is 0 Å². The van der Waals surface area contributed by atoms with Crippen molar-refractivity contribution >= 4 is 11.9 Å². The zero-order chi connectivity index (χ0) is 14.1. The number of rotatable bonds is 8. The Bertz CT molecular complexity index is 415. The monoisotopic (exact) mass is 260 g/mol. The van der Waals surface area contributed by atoms with Gasteiger partial charge in [0.1, 0.15) is 5.75 Å². The van der Waals surface area contributed by atoms with E-state index in [4.69, 9.17) is 4.74 Å². The van der Waals surface area contributed by atoms with Crippen molar-refractivity contribution in [3.63, 3.8) is 0 Å². The molecule has 0 unspecified atom stereocenters. The number of methoxy groups -OCH3 is 1. The Morgan fingerprint density at radius 3 is 2.37 bits per heavy atom. The third kappa shape index (κ3) is 5.73. The molecule has 0 radical (unpaired) electrons. The predicted molar refractivity (Wildman–Crippen MR) is 80.4 cm³/mol. The zero-order valence-corrected chi connectivity index (χ0v) is 12.2. The fourth-order valence-electron chi connectivity index (χ4n) is 1.99. The van der Waals surface area contributed by atoms with Gasteiger partial charge in [0.15, 0.2) is 5.78 Å². The summed E-state index contributed by atoms with van der Waals surface area (Å²) >= 11 is 0. The number of carbonyl (C=O) groups is 1. The van der Waals surface area contributed by atoms with Gasteiger partial charge in [-0.3, -0.25) is 4.79 Å². The summed E-state index contributed by atoms with van der Waals surface area (Å²) < 4.78 is 5.13. The number of ketones is 1. The van der Waals surface area contributed by atoms with E-state index in [0.29, 0.717) is 0 Å². The van der Waals surface area contributed by atoms with E-state index in [9.17, 15) is 4.79 Å². The van der Waals surface area contributed by atoms with Crippen LogP contribution < -0.4 is 4.74 Å². The van der Waals surface area contributed by atoms with E-state index < -0.39 is 0 Å². The highest BCUT2D eigenvalue weighted by Gasteiger charge is 2.04. The Hall–Kier alpha value is -1.57. The highest BCUT2D eigenvalue weighted by atomic mass is 16.5. The molecular weight excluding hydrogens is 236 g/mol. The van der Waals surface area contributed by atoms with Gasteiger partial charge >= 0.3 is 0 Å². The van der Waals surface area contributed by atoms with E-state index in [1.165, 1.54) is 19.3 Å². The molecule has 0 aromatic heterocycles. The van der Waals surface area contributed by atoms with E-state index in [1.807, 2.05) is 30.3 Å². The van der Waals surface area contributed by atoms with E-state index in [0.717, 1.165) is 29.7 Å². The molecule has 0 aliphatic carbocycles. The van der Waals surface area contributed by atoms with Crippen molar-refractivity contribution in [1.82, 2.24) is 0 Å². The van der Waals surface area contributed by atoms with Gasteiger partial charge in [-0.05, 0) is 49.1 Å². The number of carbonyl (C=O) groups excluding carboxylic acids is 1. The molecule has 2 nitrogen and oxygen atoms in total. The molecule has 0 bridgehead atoms. The van der Waals surface area contributed by atoms with Crippen molar-refractivity contribution in [2.75, 3.05) is 7.11 Å². The Morgan fingerprint density at radius 2 is 1.84 bits per heavy atom. The lowest BCUT2D eigenvalue weighted by Crippen LogP contribution is -1.97. The molecule has 0 saturated heterocycles. The van der Waals surface area contributed by atoms with Crippen LogP contribution in [0.2, 0.25) is 0 Å². The molecule has 19 heavy (non-hydrogen) atoms. The smallest absolute Gasteiger partial charge is 0.155 e. The van der Waals surface area contributed by atoms with E-state index in [2.05, 4.69) is 6.92 Å². The SMILES string of the molecule is CCCCCC/C(=C\c1ccc(OC)cc1)C(C)=O. The maximum absolute atomic E-state index is 11.6. The average Bonchev–Trinajstić information content (AvgIpc) is 2.42. The molecule has 2 heteroatoms. The summed E-state index contributed by atoms with van der Waals surface area (Å²) in [4.78, 5) is 11.6. The molecule has 0 amide bonds. The number of ether oxygens (including phenoxy) is 1. The van der Waals surface area contributed by atoms with Crippen molar-refractivity contribution < 1.29 is 9.53 Å². The minimum atomic E-state index is 0.173. The fraction of sp³-hybridized carbons (Fsp3) is 0.471. The predicted octanol–water partition coefficient (Wildman–Crippen LogP) is 4.64. The van der Waals surface area contributed by atoms with Gasteiger partial charge in [-0.1, -0.05) is 38.3 Å². The van der Waals surface area contributed by atoms with Gasteiger partial charge in [-0.15, -0.1) is 0 Å². The molecule has 0 saturated carbocycles. The van der Waals surface area contributed by atoms with Crippen LogP contribution in [0.4, 0.5) is 0 Å². The lowest BCUT2D eigenvalue weighted by Gasteiger charge is -2.05. The molecule has 0 fully saturated rings. The van der Waals surface area contributed by atoms with Crippen LogP contribution in [0.3, 0.4) is 0 Å². The number of hydrogen-bond donors (Lipinski definition) is 0. The minimum absolute atomic E-state index is 0.173. The largest absolute Gasteiger partial charge is 0.497 e. The molecule has 1 rings (SSSR count). The number of Topliss-reactive ketones (excluding diaryl/α,β-unsaturated/α-hetero) is 1. The Labute approximate surface area is 116 Å². The molecular formula is C17H24O2. The summed E-state index contributed by atoms with van der Waals surface area (Å²) in [6.45, 7) is 3.84. The maximum atomic E-state index is 11.6. The quantitative estimate of drug-likeness (QED) is 0.503. The van der Waals surface area contributed by atoms with Gasteiger partial charge in [0, 0.05) is 0 Å². The molecule has 1 aromatic rings. The fourth-order valence-corrected chi connectivity index (χ4v) is 1.99. The Morgan fingerprint density at radius 1 is 1.16 bits per heavy atom. The second kappa shape index (κ2) is 8.52. The van der Waals surface area contributed by atoms with Gasteiger partial charge in [0.25, 0.3) is 0 Å². The highest BCUT2D eigenvalue weighted by molar-refractivity contribution is 5.97. The number of hydrogen-bond acceptors (Lipinski definition) is 2. The first-order chi connectivity index (χ1) is 9.17. The van der Waals surface area contributed by atoms with Gasteiger partial charge in [-0.2, -0.15) is 0 Å². The zero-order valence-electron chi connectivity index (χ0n) is 12.2. The second-order valence-electron chi connectivity index (χ2n) is 4.81. The van der Waals surface area contributed by atoms with Crippen LogP contribution in [0, 0.1) is 0 Å². The normalized spacial score (nSPS) is 11.4. The standard InChI is InChI=1S/C17H24O2/c1-4-5-6-7-8-16(14(2)18)13-15-9-11-17(19-3)12-10-15/h9-13H,4-8H2,1-3H3/b16-13+. The van der Waals surface area contributed by atoms with Crippen molar-refractivity contribution in [3.05, 3.63) is 35.4 Å². The van der Waals surface area contributed by atoms with E-state index >= 15 is 0 Å².